The first-order valence-corrected chi connectivity index (χ1v) is 9.43. The van der Waals surface area contributed by atoms with Crippen LogP contribution in [0.1, 0.15) is 36.7 Å². The van der Waals surface area contributed by atoms with Gasteiger partial charge in [0.15, 0.2) is 9.84 Å². The fourth-order valence-corrected chi connectivity index (χ4v) is 2.84. The molecule has 0 unspecified atom stereocenters. The quantitative estimate of drug-likeness (QED) is 0.704. The number of carbonyl (C=O) groups is 2. The Bertz CT molecular complexity index is 650. The lowest BCUT2D eigenvalue weighted by atomic mass is 10.1. The molecule has 0 fully saturated rings. The van der Waals surface area contributed by atoms with E-state index in [2.05, 4.69) is 0 Å². The van der Waals surface area contributed by atoms with Crippen LogP contribution in [0.15, 0.2) is 24.3 Å². The minimum atomic E-state index is -3.12. The summed E-state index contributed by atoms with van der Waals surface area (Å²) in [7, 11) is -3.12. The second-order valence-corrected chi connectivity index (χ2v) is 7.74. The summed E-state index contributed by atoms with van der Waals surface area (Å²) >= 11 is 0. The van der Waals surface area contributed by atoms with Crippen LogP contribution in [0, 0.1) is 0 Å². The molecule has 0 aromatic heterocycles. The molecule has 6 nitrogen and oxygen atoms in total. The van der Waals surface area contributed by atoms with Gasteiger partial charge in [0.1, 0.15) is 6.54 Å². The van der Waals surface area contributed by atoms with Crippen LogP contribution >= 0.6 is 0 Å². The van der Waals surface area contributed by atoms with Crippen LogP contribution in [0.25, 0.3) is 0 Å². The van der Waals surface area contributed by atoms with Crippen LogP contribution in [0.3, 0.4) is 0 Å². The van der Waals surface area contributed by atoms with Crippen molar-refractivity contribution in [2.75, 3.05) is 19.4 Å². The van der Waals surface area contributed by atoms with Crippen molar-refractivity contribution in [2.24, 2.45) is 0 Å². The van der Waals surface area contributed by atoms with E-state index in [4.69, 9.17) is 4.74 Å². The van der Waals surface area contributed by atoms with Crippen LogP contribution in [0.5, 0.6) is 0 Å². The Labute approximate surface area is 137 Å². The van der Waals surface area contributed by atoms with E-state index in [9.17, 15) is 18.0 Å². The molecule has 0 aliphatic heterocycles. The maximum absolute atomic E-state index is 12.5. The van der Waals surface area contributed by atoms with Gasteiger partial charge in [-0.1, -0.05) is 12.1 Å². The number of benzene rings is 1. The maximum atomic E-state index is 12.5. The third kappa shape index (κ3) is 6.40. The van der Waals surface area contributed by atoms with Crippen LogP contribution in [0.2, 0.25) is 0 Å². The van der Waals surface area contributed by atoms with E-state index in [1.165, 1.54) is 4.90 Å². The Balaban J connectivity index is 2.90. The van der Waals surface area contributed by atoms with Gasteiger partial charge in [-0.3, -0.25) is 9.59 Å². The number of sulfone groups is 1. The Morgan fingerprint density at radius 1 is 1.17 bits per heavy atom. The average molecular weight is 341 g/mol. The summed E-state index contributed by atoms with van der Waals surface area (Å²) < 4.78 is 27.4. The third-order valence-corrected chi connectivity index (χ3v) is 3.98. The Kier molecular flexibility index (Phi) is 6.75. The summed E-state index contributed by atoms with van der Waals surface area (Å²) in [4.78, 5) is 25.6. The first kappa shape index (κ1) is 19.2. The van der Waals surface area contributed by atoms with Gasteiger partial charge < -0.3 is 9.64 Å². The third-order valence-electron chi connectivity index (χ3n) is 3.12. The van der Waals surface area contributed by atoms with Gasteiger partial charge in [-0.25, -0.2) is 8.42 Å². The van der Waals surface area contributed by atoms with Crippen molar-refractivity contribution in [3.63, 3.8) is 0 Å². The molecule has 0 heterocycles. The van der Waals surface area contributed by atoms with E-state index < -0.39 is 15.8 Å². The summed E-state index contributed by atoms with van der Waals surface area (Å²) in [6.45, 7) is 5.48. The highest BCUT2D eigenvalue weighted by Crippen LogP contribution is 2.12. The molecule has 1 rings (SSSR count). The molecule has 0 saturated carbocycles. The van der Waals surface area contributed by atoms with E-state index in [1.54, 1.807) is 31.2 Å². The molecule has 7 heteroatoms. The molecule has 128 valence electrons. The molecule has 0 radical (unpaired) electrons. The molecule has 1 aromatic carbocycles. The zero-order chi connectivity index (χ0) is 17.6. The van der Waals surface area contributed by atoms with Crippen molar-refractivity contribution < 1.29 is 22.7 Å². The molecule has 1 amide bonds. The van der Waals surface area contributed by atoms with E-state index >= 15 is 0 Å². The minimum Gasteiger partial charge on any atom is -0.465 e. The predicted octanol–water partition coefficient (Wildman–Crippen LogP) is 1.64. The molecular weight excluding hydrogens is 318 g/mol. The van der Waals surface area contributed by atoms with Crippen LogP contribution in [-0.2, 0) is 25.1 Å². The molecule has 0 N–H and O–H groups in total. The second kappa shape index (κ2) is 8.10. The summed E-state index contributed by atoms with van der Waals surface area (Å²) in [5.74, 6) is -0.819. The van der Waals surface area contributed by atoms with E-state index in [0.717, 1.165) is 6.26 Å². The molecule has 0 spiro atoms. The van der Waals surface area contributed by atoms with E-state index in [-0.39, 0.29) is 30.9 Å². The second-order valence-electron chi connectivity index (χ2n) is 5.60. The topological polar surface area (TPSA) is 80.8 Å². The number of hydrogen-bond acceptors (Lipinski definition) is 5. The fraction of sp³-hybridized carbons (Fsp3) is 0.500. The highest BCUT2D eigenvalue weighted by atomic mass is 32.2. The van der Waals surface area contributed by atoms with Crippen LogP contribution < -0.4 is 0 Å². The molecule has 23 heavy (non-hydrogen) atoms. The lowest BCUT2D eigenvalue weighted by Crippen LogP contribution is -2.41. The SMILES string of the molecule is CCOC(=O)CN(C(=O)c1ccc(CS(C)(=O)=O)cc1)C(C)C. The number of esters is 1. The van der Waals surface area contributed by atoms with Crippen molar-refractivity contribution in [1.82, 2.24) is 4.90 Å². The van der Waals surface area contributed by atoms with Gasteiger partial charge in [0.2, 0.25) is 0 Å². The average Bonchev–Trinajstić information content (AvgIpc) is 2.43. The Morgan fingerprint density at radius 2 is 1.74 bits per heavy atom. The highest BCUT2D eigenvalue weighted by molar-refractivity contribution is 7.89. The summed E-state index contributed by atoms with van der Waals surface area (Å²) in [6, 6.07) is 6.20. The van der Waals surface area contributed by atoms with Gasteiger partial charge in [-0.2, -0.15) is 0 Å². The zero-order valence-electron chi connectivity index (χ0n) is 13.9. The van der Waals surface area contributed by atoms with Gasteiger partial charge in [-0.15, -0.1) is 0 Å². The molecule has 0 aliphatic carbocycles. The normalized spacial score (nSPS) is 11.3. The first-order chi connectivity index (χ1) is 10.6. The molecule has 0 aliphatic rings. The number of ether oxygens (including phenoxy) is 1. The van der Waals surface area contributed by atoms with Gasteiger partial charge in [-0.05, 0) is 38.5 Å². The van der Waals surface area contributed by atoms with Crippen molar-refractivity contribution in [1.29, 1.82) is 0 Å². The predicted molar refractivity (Wildman–Crippen MR) is 87.8 cm³/mol. The fourth-order valence-electron chi connectivity index (χ4n) is 2.05. The van der Waals surface area contributed by atoms with E-state index in [0.29, 0.717) is 11.1 Å². The Morgan fingerprint density at radius 3 is 2.17 bits per heavy atom. The van der Waals surface area contributed by atoms with Crippen molar-refractivity contribution in [3.05, 3.63) is 35.4 Å². The van der Waals surface area contributed by atoms with Gasteiger partial charge >= 0.3 is 5.97 Å². The smallest absolute Gasteiger partial charge is 0.325 e. The Hall–Kier alpha value is -1.89. The van der Waals surface area contributed by atoms with Crippen LogP contribution in [0.4, 0.5) is 0 Å². The van der Waals surface area contributed by atoms with Gasteiger partial charge in [0.05, 0.1) is 12.4 Å². The molecular formula is C16H23NO5S. The van der Waals surface area contributed by atoms with Crippen molar-refractivity contribution >= 4 is 21.7 Å². The zero-order valence-corrected chi connectivity index (χ0v) is 14.7. The number of nitrogens with zero attached hydrogens (tertiary/aromatic N) is 1. The summed E-state index contributed by atoms with van der Waals surface area (Å²) in [5.41, 5.74) is 1.02. The van der Waals surface area contributed by atoms with Gasteiger partial charge in [0, 0.05) is 17.9 Å². The maximum Gasteiger partial charge on any atom is 0.325 e. The molecule has 0 bridgehead atoms. The molecule has 0 saturated heterocycles. The van der Waals surface area contributed by atoms with Crippen LogP contribution in [-0.4, -0.2) is 50.6 Å². The standard InChI is InChI=1S/C16H23NO5S/c1-5-22-15(18)10-17(12(2)3)16(19)14-8-6-13(7-9-14)11-23(4,20)21/h6-9,12H,5,10-11H2,1-4H3. The molecule has 1 aromatic rings. The minimum absolute atomic E-state index is 0.0712. The summed E-state index contributed by atoms with van der Waals surface area (Å²) in [6.07, 6.45) is 1.16. The monoisotopic (exact) mass is 341 g/mol. The number of carbonyl (C=O) groups excluding carboxylic acids is 2. The van der Waals surface area contributed by atoms with E-state index in [1.807, 2.05) is 13.8 Å². The number of rotatable bonds is 7. The highest BCUT2D eigenvalue weighted by Gasteiger charge is 2.22. The number of amides is 1. The summed E-state index contributed by atoms with van der Waals surface area (Å²) in [5, 5.41) is 0. The van der Waals surface area contributed by atoms with Crippen molar-refractivity contribution in [3.8, 4) is 0 Å². The number of hydrogen-bond donors (Lipinski definition) is 0. The lowest BCUT2D eigenvalue weighted by molar-refractivity contribution is -0.144. The van der Waals surface area contributed by atoms with Crippen molar-refractivity contribution in [2.45, 2.75) is 32.6 Å². The van der Waals surface area contributed by atoms with Gasteiger partial charge in [0.25, 0.3) is 5.91 Å². The first-order valence-electron chi connectivity index (χ1n) is 7.37. The molecule has 0 atom stereocenters. The largest absolute Gasteiger partial charge is 0.465 e. The lowest BCUT2D eigenvalue weighted by Gasteiger charge is -2.25.